The second-order valence-electron chi connectivity index (χ2n) is 5.16. The Morgan fingerprint density at radius 1 is 1.33 bits per heavy atom. The average Bonchev–Trinajstić information content (AvgIpc) is 2.54. The number of ether oxygens (including phenoxy) is 1. The van der Waals surface area contributed by atoms with Gasteiger partial charge < -0.3 is 9.84 Å². The number of hydrogen-bond donors (Lipinski definition) is 1. The number of aromatic nitrogens is 4. The van der Waals surface area contributed by atoms with Crippen molar-refractivity contribution in [1.82, 2.24) is 19.8 Å². The highest BCUT2D eigenvalue weighted by molar-refractivity contribution is 6.76. The maximum atomic E-state index is 11.6. The minimum absolute atomic E-state index is 0.00291. The van der Waals surface area contributed by atoms with Crippen LogP contribution in [0.25, 0.3) is 0 Å². The lowest BCUT2D eigenvalue weighted by molar-refractivity contribution is -0.138. The van der Waals surface area contributed by atoms with Crippen LogP contribution in [-0.2, 0) is 22.8 Å². The molecular formula is C9H18N4O4Si. The van der Waals surface area contributed by atoms with E-state index in [0.717, 1.165) is 15.4 Å². The van der Waals surface area contributed by atoms with Crippen LogP contribution in [0.3, 0.4) is 0 Å². The third-order valence-corrected chi connectivity index (χ3v) is 3.90. The molecule has 1 heterocycles. The van der Waals surface area contributed by atoms with Gasteiger partial charge in [0.25, 0.3) is 0 Å². The Morgan fingerprint density at radius 2 is 1.94 bits per heavy atom. The van der Waals surface area contributed by atoms with Crippen molar-refractivity contribution in [3.63, 3.8) is 0 Å². The third kappa shape index (κ3) is 4.80. The maximum absolute atomic E-state index is 11.6. The van der Waals surface area contributed by atoms with Gasteiger partial charge in [0.2, 0.25) is 0 Å². The van der Waals surface area contributed by atoms with Gasteiger partial charge in [-0.1, -0.05) is 19.6 Å². The lowest BCUT2D eigenvalue weighted by Gasteiger charge is -2.14. The molecule has 0 amide bonds. The molecule has 0 fully saturated rings. The van der Waals surface area contributed by atoms with Gasteiger partial charge in [-0.3, -0.25) is 4.79 Å². The fourth-order valence-electron chi connectivity index (χ4n) is 1.14. The summed E-state index contributed by atoms with van der Waals surface area (Å²) in [5, 5.41) is 15.5. The minimum atomic E-state index is -1.16. The van der Waals surface area contributed by atoms with Gasteiger partial charge in [0.15, 0.2) is 0 Å². The van der Waals surface area contributed by atoms with Crippen molar-refractivity contribution in [3.05, 3.63) is 10.5 Å². The van der Waals surface area contributed by atoms with Gasteiger partial charge >= 0.3 is 11.7 Å². The van der Waals surface area contributed by atoms with E-state index in [0.29, 0.717) is 6.61 Å². The van der Waals surface area contributed by atoms with Crippen molar-refractivity contribution in [2.45, 2.75) is 39.0 Å². The normalized spacial score (nSPS) is 11.7. The lowest BCUT2D eigenvalue weighted by atomic mass is 10.7. The molecule has 0 radical (unpaired) electrons. The number of carboxylic acid groups (broad SMARTS) is 1. The van der Waals surface area contributed by atoms with Gasteiger partial charge in [0.1, 0.15) is 13.3 Å². The molecule has 0 saturated heterocycles. The highest BCUT2D eigenvalue weighted by Gasteiger charge is 2.13. The lowest BCUT2D eigenvalue weighted by Crippen LogP contribution is -2.29. The molecule has 9 heteroatoms. The Morgan fingerprint density at radius 3 is 2.50 bits per heavy atom. The Balaban J connectivity index is 2.46. The number of rotatable bonds is 7. The van der Waals surface area contributed by atoms with Crippen LogP contribution in [0.1, 0.15) is 0 Å². The van der Waals surface area contributed by atoms with Crippen LogP contribution in [0.15, 0.2) is 4.79 Å². The van der Waals surface area contributed by atoms with Gasteiger partial charge in [-0.25, -0.2) is 4.79 Å². The van der Waals surface area contributed by atoms with Crippen LogP contribution in [0.4, 0.5) is 0 Å². The standard InChI is InChI=1S/C9H18N4O4Si/c1-18(2,3)5-4-17-7-13-9(16)12(10-11-13)6-8(14)15/h4-7H2,1-3H3,(H,14,15). The van der Waals surface area contributed by atoms with Gasteiger partial charge in [-0.05, 0) is 16.5 Å². The molecule has 8 nitrogen and oxygen atoms in total. The van der Waals surface area contributed by atoms with Crippen molar-refractivity contribution in [3.8, 4) is 0 Å². The molecule has 0 atom stereocenters. The van der Waals surface area contributed by atoms with Crippen LogP contribution in [0, 0.1) is 0 Å². The molecule has 1 aromatic rings. The molecule has 1 rings (SSSR count). The summed E-state index contributed by atoms with van der Waals surface area (Å²) in [6.07, 6.45) is 0. The first-order valence-electron chi connectivity index (χ1n) is 5.60. The maximum Gasteiger partial charge on any atom is 0.366 e. The highest BCUT2D eigenvalue weighted by Crippen LogP contribution is 2.07. The Labute approximate surface area is 105 Å². The Kier molecular flexibility index (Phi) is 4.79. The van der Waals surface area contributed by atoms with Crippen molar-refractivity contribution in [1.29, 1.82) is 0 Å². The van der Waals surface area contributed by atoms with Crippen LogP contribution < -0.4 is 5.69 Å². The predicted molar refractivity (Wildman–Crippen MR) is 66.0 cm³/mol. The van der Waals surface area contributed by atoms with E-state index in [-0.39, 0.29) is 6.73 Å². The second kappa shape index (κ2) is 5.91. The zero-order valence-electron chi connectivity index (χ0n) is 10.8. The summed E-state index contributed by atoms with van der Waals surface area (Å²) in [6.45, 7) is 6.76. The quantitative estimate of drug-likeness (QED) is 0.547. The van der Waals surface area contributed by atoms with E-state index in [4.69, 9.17) is 9.84 Å². The molecule has 0 spiro atoms. The average molecular weight is 274 g/mol. The van der Waals surface area contributed by atoms with E-state index >= 15 is 0 Å². The largest absolute Gasteiger partial charge is 0.480 e. The topological polar surface area (TPSA) is 99.2 Å². The molecule has 0 unspecified atom stereocenters. The molecule has 18 heavy (non-hydrogen) atoms. The van der Waals surface area contributed by atoms with E-state index in [1.54, 1.807) is 0 Å². The summed E-state index contributed by atoms with van der Waals surface area (Å²) in [7, 11) is -1.16. The second-order valence-corrected chi connectivity index (χ2v) is 10.8. The van der Waals surface area contributed by atoms with E-state index in [9.17, 15) is 9.59 Å². The molecule has 1 N–H and O–H groups in total. The predicted octanol–water partition coefficient (Wildman–Crippen LogP) is -0.163. The SMILES string of the molecule is C[Si](C)(C)CCOCn1nnn(CC(=O)O)c1=O. The summed E-state index contributed by atoms with van der Waals surface area (Å²) in [6, 6.07) is 0.991. The van der Waals surface area contributed by atoms with E-state index < -0.39 is 26.3 Å². The van der Waals surface area contributed by atoms with Crippen molar-refractivity contribution >= 4 is 14.0 Å². The first-order valence-corrected chi connectivity index (χ1v) is 9.30. The third-order valence-electron chi connectivity index (χ3n) is 2.19. The van der Waals surface area contributed by atoms with Crippen molar-refractivity contribution in [2.75, 3.05) is 6.61 Å². The minimum Gasteiger partial charge on any atom is -0.480 e. The monoisotopic (exact) mass is 274 g/mol. The summed E-state index contributed by atoms with van der Waals surface area (Å²) < 4.78 is 7.12. The van der Waals surface area contributed by atoms with Gasteiger partial charge in [-0.15, -0.1) is 0 Å². The molecule has 0 aliphatic carbocycles. The molecule has 1 aromatic heterocycles. The summed E-state index contributed by atoms with van der Waals surface area (Å²) in [5.74, 6) is -1.14. The van der Waals surface area contributed by atoms with E-state index in [1.165, 1.54) is 0 Å². The Hall–Kier alpha value is -1.48. The highest BCUT2D eigenvalue weighted by atomic mass is 28.3. The summed E-state index contributed by atoms with van der Waals surface area (Å²) in [5.41, 5.74) is -0.578. The number of tetrazole rings is 1. The Bertz CT molecular complexity index is 462. The molecule has 0 bridgehead atoms. The first kappa shape index (κ1) is 14.6. The number of carbonyl (C=O) groups is 1. The summed E-state index contributed by atoms with van der Waals surface area (Å²) >= 11 is 0. The molecule has 0 aliphatic rings. The van der Waals surface area contributed by atoms with Crippen molar-refractivity contribution in [2.24, 2.45) is 0 Å². The number of carboxylic acids is 1. The van der Waals surface area contributed by atoms with E-state index in [2.05, 4.69) is 30.1 Å². The smallest absolute Gasteiger partial charge is 0.366 e. The number of nitrogens with zero attached hydrogens (tertiary/aromatic N) is 4. The van der Waals surface area contributed by atoms with Crippen molar-refractivity contribution < 1.29 is 14.6 Å². The van der Waals surface area contributed by atoms with Crippen LogP contribution in [-0.4, -0.2) is 45.5 Å². The van der Waals surface area contributed by atoms with Crippen LogP contribution >= 0.6 is 0 Å². The zero-order chi connectivity index (χ0) is 13.8. The molecule has 0 aromatic carbocycles. The fraction of sp³-hybridized carbons (Fsp3) is 0.778. The first-order chi connectivity index (χ1) is 8.29. The molecule has 0 aliphatic heterocycles. The zero-order valence-corrected chi connectivity index (χ0v) is 11.8. The van der Waals surface area contributed by atoms with Gasteiger partial charge in [0, 0.05) is 14.7 Å². The molecule has 102 valence electrons. The molecular weight excluding hydrogens is 256 g/mol. The number of aliphatic carboxylic acids is 1. The number of hydrogen-bond acceptors (Lipinski definition) is 5. The fourth-order valence-corrected chi connectivity index (χ4v) is 1.90. The molecule has 0 saturated carbocycles. The van der Waals surface area contributed by atoms with E-state index in [1.807, 2.05) is 0 Å². The van der Waals surface area contributed by atoms with Gasteiger partial charge in [0.05, 0.1) is 0 Å². The van der Waals surface area contributed by atoms with Crippen LogP contribution in [0.5, 0.6) is 0 Å². The van der Waals surface area contributed by atoms with Crippen LogP contribution in [0.2, 0.25) is 25.7 Å². The summed E-state index contributed by atoms with van der Waals surface area (Å²) in [4.78, 5) is 22.0. The van der Waals surface area contributed by atoms with Gasteiger partial charge in [-0.2, -0.15) is 9.36 Å².